The molecule has 1 aromatic heterocycles. The SMILES string of the molecule is CCN(c1cccc(C)c1)c1nccc(NC2CCCCCC2)n1. The number of aromatic nitrogens is 2. The molecule has 1 saturated carbocycles. The molecule has 128 valence electrons. The van der Waals surface area contributed by atoms with Gasteiger partial charge < -0.3 is 10.2 Å². The number of benzene rings is 1. The van der Waals surface area contributed by atoms with Crippen LogP contribution in [0.5, 0.6) is 0 Å². The normalized spacial score (nSPS) is 15.8. The van der Waals surface area contributed by atoms with Crippen molar-refractivity contribution in [3.63, 3.8) is 0 Å². The Morgan fingerprint density at radius 3 is 2.62 bits per heavy atom. The van der Waals surface area contributed by atoms with E-state index in [1.165, 1.54) is 44.1 Å². The Morgan fingerprint density at radius 1 is 1.12 bits per heavy atom. The maximum Gasteiger partial charge on any atom is 0.231 e. The highest BCUT2D eigenvalue weighted by molar-refractivity contribution is 5.59. The van der Waals surface area contributed by atoms with Crippen molar-refractivity contribution in [2.75, 3.05) is 16.8 Å². The van der Waals surface area contributed by atoms with Crippen LogP contribution in [-0.4, -0.2) is 22.6 Å². The Morgan fingerprint density at radius 2 is 1.92 bits per heavy atom. The van der Waals surface area contributed by atoms with Crippen LogP contribution in [-0.2, 0) is 0 Å². The van der Waals surface area contributed by atoms with Crippen LogP contribution < -0.4 is 10.2 Å². The second kappa shape index (κ2) is 8.13. The van der Waals surface area contributed by atoms with Crippen LogP contribution in [0, 0.1) is 6.92 Å². The van der Waals surface area contributed by atoms with E-state index >= 15 is 0 Å². The van der Waals surface area contributed by atoms with Gasteiger partial charge in [0.2, 0.25) is 5.95 Å². The molecule has 0 bridgehead atoms. The van der Waals surface area contributed by atoms with E-state index in [0.29, 0.717) is 6.04 Å². The number of aryl methyl sites for hydroxylation is 1. The summed E-state index contributed by atoms with van der Waals surface area (Å²) in [4.78, 5) is 11.4. The largest absolute Gasteiger partial charge is 0.367 e. The van der Waals surface area contributed by atoms with Gasteiger partial charge in [0, 0.05) is 24.5 Å². The van der Waals surface area contributed by atoms with Crippen molar-refractivity contribution in [2.24, 2.45) is 0 Å². The smallest absolute Gasteiger partial charge is 0.231 e. The molecule has 1 N–H and O–H groups in total. The van der Waals surface area contributed by atoms with Crippen molar-refractivity contribution < 1.29 is 0 Å². The molecule has 1 aromatic carbocycles. The van der Waals surface area contributed by atoms with E-state index in [4.69, 9.17) is 4.98 Å². The van der Waals surface area contributed by atoms with Gasteiger partial charge in [-0.15, -0.1) is 0 Å². The molecule has 4 nitrogen and oxygen atoms in total. The summed E-state index contributed by atoms with van der Waals surface area (Å²) in [7, 11) is 0. The molecule has 0 saturated heterocycles. The number of hydrogen-bond donors (Lipinski definition) is 1. The number of nitrogens with one attached hydrogen (secondary N) is 1. The van der Waals surface area contributed by atoms with Crippen LogP contribution in [0.3, 0.4) is 0 Å². The van der Waals surface area contributed by atoms with Gasteiger partial charge in [0.25, 0.3) is 0 Å². The molecule has 0 unspecified atom stereocenters. The lowest BCUT2D eigenvalue weighted by molar-refractivity contribution is 0.617. The number of rotatable bonds is 5. The summed E-state index contributed by atoms with van der Waals surface area (Å²) in [6.45, 7) is 5.09. The molecule has 1 aliphatic carbocycles. The van der Waals surface area contributed by atoms with E-state index in [-0.39, 0.29) is 0 Å². The zero-order valence-electron chi connectivity index (χ0n) is 14.8. The lowest BCUT2D eigenvalue weighted by Gasteiger charge is -2.23. The van der Waals surface area contributed by atoms with Crippen molar-refractivity contribution in [3.05, 3.63) is 42.1 Å². The Balaban J connectivity index is 1.78. The summed E-state index contributed by atoms with van der Waals surface area (Å²) < 4.78 is 0. The molecular formula is C20H28N4. The zero-order valence-corrected chi connectivity index (χ0v) is 14.8. The number of nitrogens with zero attached hydrogens (tertiary/aromatic N) is 3. The van der Waals surface area contributed by atoms with Crippen molar-refractivity contribution in [3.8, 4) is 0 Å². The van der Waals surface area contributed by atoms with Gasteiger partial charge in [-0.1, -0.05) is 37.8 Å². The topological polar surface area (TPSA) is 41.1 Å². The van der Waals surface area contributed by atoms with Crippen LogP contribution in [0.2, 0.25) is 0 Å². The minimum absolute atomic E-state index is 0.546. The molecular weight excluding hydrogens is 296 g/mol. The molecule has 1 fully saturated rings. The third-order valence-electron chi connectivity index (χ3n) is 4.72. The third kappa shape index (κ3) is 4.25. The molecule has 1 heterocycles. The molecule has 0 spiro atoms. The average Bonchev–Trinajstić information content (AvgIpc) is 2.85. The van der Waals surface area contributed by atoms with Crippen molar-refractivity contribution in [1.29, 1.82) is 0 Å². The molecule has 4 heteroatoms. The van der Waals surface area contributed by atoms with Crippen LogP contribution in [0.1, 0.15) is 51.0 Å². The van der Waals surface area contributed by atoms with Crippen molar-refractivity contribution >= 4 is 17.5 Å². The molecule has 1 aliphatic rings. The summed E-state index contributed by atoms with van der Waals surface area (Å²) in [5, 5.41) is 3.63. The lowest BCUT2D eigenvalue weighted by Crippen LogP contribution is -2.22. The van der Waals surface area contributed by atoms with E-state index in [1.807, 2.05) is 12.3 Å². The first-order valence-electron chi connectivity index (χ1n) is 9.20. The highest BCUT2D eigenvalue weighted by Gasteiger charge is 2.15. The fourth-order valence-electron chi connectivity index (χ4n) is 3.43. The first-order chi connectivity index (χ1) is 11.8. The second-order valence-electron chi connectivity index (χ2n) is 6.66. The summed E-state index contributed by atoms with van der Waals surface area (Å²) >= 11 is 0. The quantitative estimate of drug-likeness (QED) is 0.779. The number of anilines is 3. The summed E-state index contributed by atoms with van der Waals surface area (Å²) in [5.74, 6) is 1.71. The van der Waals surface area contributed by atoms with Gasteiger partial charge in [-0.25, -0.2) is 4.98 Å². The van der Waals surface area contributed by atoms with Crippen LogP contribution in [0.25, 0.3) is 0 Å². The Kier molecular flexibility index (Phi) is 5.68. The predicted molar refractivity (Wildman–Crippen MR) is 101 cm³/mol. The van der Waals surface area contributed by atoms with E-state index in [0.717, 1.165) is 24.0 Å². The fourth-order valence-corrected chi connectivity index (χ4v) is 3.43. The van der Waals surface area contributed by atoms with E-state index in [2.05, 4.69) is 53.3 Å². The van der Waals surface area contributed by atoms with Gasteiger partial charge >= 0.3 is 0 Å². The van der Waals surface area contributed by atoms with Gasteiger partial charge in [-0.05, 0) is 50.5 Å². The maximum absolute atomic E-state index is 4.78. The summed E-state index contributed by atoms with van der Waals surface area (Å²) in [6, 6.07) is 11.0. The summed E-state index contributed by atoms with van der Waals surface area (Å²) in [6.07, 6.45) is 9.72. The highest BCUT2D eigenvalue weighted by Crippen LogP contribution is 2.25. The first-order valence-corrected chi connectivity index (χ1v) is 9.20. The van der Waals surface area contributed by atoms with Gasteiger partial charge in [0.05, 0.1) is 0 Å². The second-order valence-corrected chi connectivity index (χ2v) is 6.66. The van der Waals surface area contributed by atoms with Crippen LogP contribution in [0.4, 0.5) is 17.5 Å². The van der Waals surface area contributed by atoms with Gasteiger partial charge in [-0.3, -0.25) is 0 Å². The van der Waals surface area contributed by atoms with Crippen molar-refractivity contribution in [2.45, 2.75) is 58.4 Å². The fraction of sp³-hybridized carbons (Fsp3) is 0.500. The average molecular weight is 324 g/mol. The van der Waals surface area contributed by atoms with Crippen LogP contribution in [0.15, 0.2) is 36.5 Å². The van der Waals surface area contributed by atoms with Crippen LogP contribution >= 0.6 is 0 Å². The van der Waals surface area contributed by atoms with E-state index < -0.39 is 0 Å². The Bertz CT molecular complexity index is 648. The molecule has 0 atom stereocenters. The third-order valence-corrected chi connectivity index (χ3v) is 4.72. The van der Waals surface area contributed by atoms with Gasteiger partial charge in [-0.2, -0.15) is 4.98 Å². The minimum Gasteiger partial charge on any atom is -0.367 e. The predicted octanol–water partition coefficient (Wildman–Crippen LogP) is 5.08. The van der Waals surface area contributed by atoms with E-state index in [9.17, 15) is 0 Å². The zero-order chi connectivity index (χ0) is 16.8. The molecule has 0 aliphatic heterocycles. The summed E-state index contributed by atoms with van der Waals surface area (Å²) in [5.41, 5.74) is 2.39. The first kappa shape index (κ1) is 16.7. The minimum atomic E-state index is 0.546. The molecule has 2 aromatic rings. The maximum atomic E-state index is 4.78. The lowest BCUT2D eigenvalue weighted by atomic mass is 10.1. The monoisotopic (exact) mass is 324 g/mol. The molecule has 3 rings (SSSR count). The Labute approximate surface area is 145 Å². The molecule has 24 heavy (non-hydrogen) atoms. The van der Waals surface area contributed by atoms with E-state index in [1.54, 1.807) is 0 Å². The molecule has 0 radical (unpaired) electrons. The standard InChI is InChI=1S/C20H28N4/c1-3-24(18-12-8-9-16(2)15-18)20-21-14-13-19(23-20)22-17-10-6-4-5-7-11-17/h8-9,12-15,17H,3-7,10-11H2,1-2H3,(H,21,22,23). The van der Waals surface area contributed by atoms with Gasteiger partial charge in [0.15, 0.2) is 0 Å². The Hall–Kier alpha value is -2.10. The number of hydrogen-bond acceptors (Lipinski definition) is 4. The molecule has 0 amide bonds. The van der Waals surface area contributed by atoms with Crippen molar-refractivity contribution in [1.82, 2.24) is 9.97 Å². The highest BCUT2D eigenvalue weighted by atomic mass is 15.3. The van der Waals surface area contributed by atoms with Gasteiger partial charge in [0.1, 0.15) is 5.82 Å².